The first kappa shape index (κ1) is 6.41. The third-order valence-electron chi connectivity index (χ3n) is 3.18. The van der Waals surface area contributed by atoms with Crippen LogP contribution in [-0.2, 0) is 4.79 Å². The molecule has 2 aliphatic carbocycles. The van der Waals surface area contributed by atoms with Gasteiger partial charge in [-0.15, -0.1) is 0 Å². The van der Waals surface area contributed by atoms with Gasteiger partial charge in [0.1, 0.15) is 5.78 Å². The molecule has 1 aromatic carbocycles. The van der Waals surface area contributed by atoms with Gasteiger partial charge in [-0.25, -0.2) is 0 Å². The minimum Gasteiger partial charge on any atom is -0.298 e. The van der Waals surface area contributed by atoms with Crippen molar-refractivity contribution in [2.45, 2.75) is 24.7 Å². The summed E-state index contributed by atoms with van der Waals surface area (Å²) in [6.45, 7) is 0. The maximum absolute atomic E-state index is 11.6. The van der Waals surface area contributed by atoms with Crippen LogP contribution in [0.15, 0.2) is 24.3 Å². The highest BCUT2D eigenvalue weighted by Crippen LogP contribution is 2.49. The monoisotopic (exact) mass is 158 g/mol. The molecular weight excluding hydrogens is 148 g/mol. The van der Waals surface area contributed by atoms with Crippen LogP contribution in [0.25, 0.3) is 0 Å². The molecule has 2 bridgehead atoms. The Hall–Kier alpha value is -1.11. The standard InChI is InChI=1S/C11H10O/c12-11-9-5-6-10(11)8-4-2-1-3-7(8)9/h1-4,9-10H,5-6H2/t9-,10-/m0/s1. The van der Waals surface area contributed by atoms with Gasteiger partial charge in [-0.1, -0.05) is 24.3 Å². The van der Waals surface area contributed by atoms with Crippen molar-refractivity contribution in [1.29, 1.82) is 0 Å². The van der Waals surface area contributed by atoms with Crippen molar-refractivity contribution in [3.05, 3.63) is 35.4 Å². The third-order valence-corrected chi connectivity index (χ3v) is 3.18. The van der Waals surface area contributed by atoms with E-state index < -0.39 is 0 Å². The van der Waals surface area contributed by atoms with Crippen LogP contribution in [0, 0.1) is 0 Å². The maximum Gasteiger partial charge on any atom is 0.147 e. The summed E-state index contributed by atoms with van der Waals surface area (Å²) >= 11 is 0. The molecule has 2 atom stereocenters. The highest BCUT2D eigenvalue weighted by Gasteiger charge is 2.44. The Morgan fingerprint density at radius 2 is 1.50 bits per heavy atom. The van der Waals surface area contributed by atoms with Gasteiger partial charge in [0.2, 0.25) is 0 Å². The fourth-order valence-electron chi connectivity index (χ4n) is 2.62. The number of carbonyl (C=O) groups excluding carboxylic acids is 1. The summed E-state index contributed by atoms with van der Waals surface area (Å²) in [5, 5.41) is 0. The molecule has 3 rings (SSSR count). The molecule has 0 heterocycles. The number of hydrogen-bond acceptors (Lipinski definition) is 1. The Morgan fingerprint density at radius 3 is 2.00 bits per heavy atom. The first-order valence-corrected chi connectivity index (χ1v) is 4.50. The summed E-state index contributed by atoms with van der Waals surface area (Å²) in [6, 6.07) is 8.29. The molecule has 0 aliphatic heterocycles. The van der Waals surface area contributed by atoms with E-state index in [4.69, 9.17) is 0 Å². The lowest BCUT2D eigenvalue weighted by atomic mass is 9.92. The van der Waals surface area contributed by atoms with Gasteiger partial charge in [-0.2, -0.15) is 0 Å². The average Bonchev–Trinajstić information content (AvgIpc) is 2.61. The average molecular weight is 158 g/mol. The molecule has 60 valence electrons. The zero-order valence-corrected chi connectivity index (χ0v) is 6.79. The molecule has 0 N–H and O–H groups in total. The number of benzene rings is 1. The number of hydrogen-bond donors (Lipinski definition) is 0. The quantitative estimate of drug-likeness (QED) is 0.566. The number of Topliss-reactive ketones (excluding diaryl/α,β-unsaturated/α-hetero) is 1. The van der Waals surface area contributed by atoms with Gasteiger partial charge in [0.25, 0.3) is 0 Å². The molecular formula is C11H10O. The number of rotatable bonds is 0. The minimum absolute atomic E-state index is 0.256. The van der Waals surface area contributed by atoms with E-state index in [1.54, 1.807) is 0 Å². The largest absolute Gasteiger partial charge is 0.298 e. The Balaban J connectivity index is 2.27. The number of ketones is 1. The van der Waals surface area contributed by atoms with E-state index in [-0.39, 0.29) is 11.8 Å². The van der Waals surface area contributed by atoms with Gasteiger partial charge >= 0.3 is 0 Å². The smallest absolute Gasteiger partial charge is 0.147 e. The SMILES string of the molecule is O=C1[C@H]2CC[C@H]1c1ccccc12. The summed E-state index contributed by atoms with van der Waals surface area (Å²) < 4.78 is 0. The van der Waals surface area contributed by atoms with Crippen LogP contribution < -0.4 is 0 Å². The number of carbonyl (C=O) groups is 1. The van der Waals surface area contributed by atoms with Gasteiger partial charge in [-0.05, 0) is 24.0 Å². The Bertz CT molecular complexity index is 321. The molecule has 0 radical (unpaired) electrons. The van der Waals surface area contributed by atoms with E-state index in [1.807, 2.05) is 12.1 Å². The molecule has 0 amide bonds. The molecule has 1 saturated carbocycles. The second-order valence-corrected chi connectivity index (χ2v) is 3.71. The van der Waals surface area contributed by atoms with Crippen molar-refractivity contribution in [3.8, 4) is 0 Å². The van der Waals surface area contributed by atoms with Crippen LogP contribution in [-0.4, -0.2) is 5.78 Å². The third kappa shape index (κ3) is 0.580. The zero-order chi connectivity index (χ0) is 8.13. The first-order chi connectivity index (χ1) is 5.88. The normalized spacial score (nSPS) is 30.8. The maximum atomic E-state index is 11.6. The molecule has 0 aromatic heterocycles. The van der Waals surface area contributed by atoms with Crippen molar-refractivity contribution < 1.29 is 4.79 Å². The predicted octanol–water partition coefficient (Wildman–Crippen LogP) is 2.23. The zero-order valence-electron chi connectivity index (χ0n) is 6.79. The van der Waals surface area contributed by atoms with Gasteiger partial charge in [-0.3, -0.25) is 4.79 Å². The van der Waals surface area contributed by atoms with Crippen LogP contribution in [0.3, 0.4) is 0 Å². The predicted molar refractivity (Wildman–Crippen MR) is 46.2 cm³/mol. The number of fused-ring (bicyclic) bond motifs is 5. The van der Waals surface area contributed by atoms with E-state index >= 15 is 0 Å². The topological polar surface area (TPSA) is 17.1 Å². The van der Waals surface area contributed by atoms with Crippen molar-refractivity contribution in [3.63, 3.8) is 0 Å². The molecule has 2 aliphatic rings. The van der Waals surface area contributed by atoms with Gasteiger partial charge in [0.15, 0.2) is 0 Å². The van der Waals surface area contributed by atoms with Crippen LogP contribution >= 0.6 is 0 Å². The molecule has 1 fully saturated rings. The first-order valence-electron chi connectivity index (χ1n) is 4.50. The molecule has 0 saturated heterocycles. The van der Waals surface area contributed by atoms with Crippen molar-refractivity contribution in [2.75, 3.05) is 0 Å². The van der Waals surface area contributed by atoms with E-state index in [1.165, 1.54) is 11.1 Å². The van der Waals surface area contributed by atoms with Crippen molar-refractivity contribution in [1.82, 2.24) is 0 Å². The van der Waals surface area contributed by atoms with E-state index in [2.05, 4.69) is 12.1 Å². The van der Waals surface area contributed by atoms with Crippen molar-refractivity contribution in [2.24, 2.45) is 0 Å². The van der Waals surface area contributed by atoms with Crippen LogP contribution in [0.1, 0.15) is 35.8 Å². The Kier molecular flexibility index (Phi) is 1.06. The van der Waals surface area contributed by atoms with Gasteiger partial charge < -0.3 is 0 Å². The molecule has 0 spiro atoms. The lowest BCUT2D eigenvalue weighted by molar-refractivity contribution is -0.119. The van der Waals surface area contributed by atoms with Crippen LogP contribution in [0.2, 0.25) is 0 Å². The molecule has 1 nitrogen and oxygen atoms in total. The summed E-state index contributed by atoms with van der Waals surface area (Å²) in [4.78, 5) is 11.6. The summed E-state index contributed by atoms with van der Waals surface area (Å²) in [5.41, 5.74) is 2.61. The fourth-order valence-corrected chi connectivity index (χ4v) is 2.62. The highest BCUT2D eigenvalue weighted by molar-refractivity contribution is 5.98. The minimum atomic E-state index is 0.256. The van der Waals surface area contributed by atoms with Gasteiger partial charge in [0, 0.05) is 11.8 Å². The Labute approximate surface area is 71.4 Å². The summed E-state index contributed by atoms with van der Waals surface area (Å²) in [5.74, 6) is 0.980. The van der Waals surface area contributed by atoms with Crippen LogP contribution in [0.5, 0.6) is 0 Å². The van der Waals surface area contributed by atoms with Crippen LogP contribution in [0.4, 0.5) is 0 Å². The second-order valence-electron chi connectivity index (χ2n) is 3.71. The summed E-state index contributed by atoms with van der Waals surface area (Å²) in [6.07, 6.45) is 2.17. The van der Waals surface area contributed by atoms with E-state index in [9.17, 15) is 4.79 Å². The lowest BCUT2D eigenvalue weighted by Gasteiger charge is -2.11. The molecule has 12 heavy (non-hydrogen) atoms. The Morgan fingerprint density at radius 1 is 1.00 bits per heavy atom. The molecule has 1 aromatic rings. The van der Waals surface area contributed by atoms with E-state index in [0.29, 0.717) is 5.78 Å². The van der Waals surface area contributed by atoms with Crippen molar-refractivity contribution >= 4 is 5.78 Å². The molecule has 1 heteroatoms. The van der Waals surface area contributed by atoms with Gasteiger partial charge in [0.05, 0.1) is 0 Å². The molecule has 0 unspecified atom stereocenters. The summed E-state index contributed by atoms with van der Waals surface area (Å²) in [7, 11) is 0. The lowest BCUT2D eigenvalue weighted by Crippen LogP contribution is -1.98. The second kappa shape index (κ2) is 1.98. The van der Waals surface area contributed by atoms with E-state index in [0.717, 1.165) is 12.8 Å². The fraction of sp³-hybridized carbons (Fsp3) is 0.364. The highest BCUT2D eigenvalue weighted by atomic mass is 16.1.